The van der Waals surface area contributed by atoms with Gasteiger partial charge in [-0.2, -0.15) is 0 Å². The molecule has 1 heterocycles. The predicted molar refractivity (Wildman–Crippen MR) is 104 cm³/mol. The van der Waals surface area contributed by atoms with Gasteiger partial charge in [0.05, 0.1) is 41.9 Å². The van der Waals surface area contributed by atoms with Gasteiger partial charge in [-0.1, -0.05) is 23.9 Å². The fourth-order valence-electron chi connectivity index (χ4n) is 2.44. The second kappa shape index (κ2) is 9.74. The molecule has 1 aliphatic rings. The maximum atomic E-state index is 12.1. The Morgan fingerprint density at radius 1 is 1.25 bits per heavy atom. The van der Waals surface area contributed by atoms with Gasteiger partial charge < -0.3 is 14.4 Å². The molecule has 152 valence electrons. The van der Waals surface area contributed by atoms with Crippen molar-refractivity contribution in [2.45, 2.75) is 12.2 Å². The quantitative estimate of drug-likeness (QED) is 0.348. The van der Waals surface area contributed by atoms with E-state index in [1.165, 1.54) is 42.0 Å². The highest BCUT2D eigenvalue weighted by molar-refractivity contribution is 8.04. The molecular formula is C18H21NO7S2. The monoisotopic (exact) mass is 427 g/mol. The smallest absolute Gasteiger partial charge is 0.338 e. The third kappa shape index (κ3) is 6.68. The second-order valence-electron chi connectivity index (χ2n) is 6.10. The molecule has 0 unspecified atom stereocenters. The predicted octanol–water partition coefficient (Wildman–Crippen LogP) is 1.37. The van der Waals surface area contributed by atoms with E-state index in [0.717, 1.165) is 6.26 Å². The third-order valence-corrected chi connectivity index (χ3v) is 5.61. The summed E-state index contributed by atoms with van der Waals surface area (Å²) in [5, 5.41) is 0.518. The van der Waals surface area contributed by atoms with Crippen LogP contribution in [0.25, 0.3) is 0 Å². The SMILES string of the molecule is COC(=O)/C=C1/SCC(=O)N1CCCOC(=O)c1ccc(CS(C)(=O)=O)cc1. The summed E-state index contributed by atoms with van der Waals surface area (Å²) in [6, 6.07) is 6.17. The van der Waals surface area contributed by atoms with Gasteiger partial charge in [0.15, 0.2) is 9.84 Å². The molecule has 8 nitrogen and oxygen atoms in total. The Labute approximate surface area is 167 Å². The van der Waals surface area contributed by atoms with E-state index < -0.39 is 21.8 Å². The zero-order chi connectivity index (χ0) is 20.7. The highest BCUT2D eigenvalue weighted by Crippen LogP contribution is 2.28. The summed E-state index contributed by atoms with van der Waals surface area (Å²) in [5.41, 5.74) is 0.908. The van der Waals surface area contributed by atoms with Gasteiger partial charge in [-0.05, 0) is 24.1 Å². The summed E-state index contributed by atoms with van der Waals surface area (Å²) in [6.45, 7) is 0.416. The minimum absolute atomic E-state index is 0.0916. The molecule has 0 spiro atoms. The molecule has 1 aromatic carbocycles. The van der Waals surface area contributed by atoms with Gasteiger partial charge >= 0.3 is 11.9 Å². The number of sulfone groups is 1. The zero-order valence-corrected chi connectivity index (χ0v) is 17.2. The van der Waals surface area contributed by atoms with Gasteiger partial charge in [0.1, 0.15) is 0 Å². The van der Waals surface area contributed by atoms with Crippen molar-refractivity contribution in [1.29, 1.82) is 0 Å². The number of hydrogen-bond acceptors (Lipinski definition) is 8. The average molecular weight is 428 g/mol. The second-order valence-corrected chi connectivity index (χ2v) is 9.23. The highest BCUT2D eigenvalue weighted by Gasteiger charge is 2.27. The minimum atomic E-state index is -3.14. The summed E-state index contributed by atoms with van der Waals surface area (Å²) in [6.07, 6.45) is 2.81. The topological polar surface area (TPSA) is 107 Å². The largest absolute Gasteiger partial charge is 0.466 e. The van der Waals surface area contributed by atoms with E-state index in [2.05, 4.69) is 4.74 Å². The van der Waals surface area contributed by atoms with Gasteiger partial charge in [-0.25, -0.2) is 18.0 Å². The molecule has 0 saturated carbocycles. The third-order valence-electron chi connectivity index (χ3n) is 3.73. The van der Waals surface area contributed by atoms with E-state index in [0.29, 0.717) is 29.1 Å². The number of methoxy groups -OCH3 is 1. The molecule has 1 fully saturated rings. The summed E-state index contributed by atoms with van der Waals surface area (Å²) in [7, 11) is -1.88. The molecule has 28 heavy (non-hydrogen) atoms. The zero-order valence-electron chi connectivity index (χ0n) is 15.5. The van der Waals surface area contributed by atoms with Crippen LogP contribution in [0, 0.1) is 0 Å². The summed E-state index contributed by atoms with van der Waals surface area (Å²) < 4.78 is 32.3. The Hall–Kier alpha value is -2.33. The van der Waals surface area contributed by atoms with Crippen LogP contribution in [0.15, 0.2) is 35.4 Å². The van der Waals surface area contributed by atoms with Gasteiger partial charge in [-0.3, -0.25) is 4.79 Å². The lowest BCUT2D eigenvalue weighted by atomic mass is 10.1. The molecule has 10 heteroatoms. The molecule has 1 saturated heterocycles. The number of thioether (sulfide) groups is 1. The van der Waals surface area contributed by atoms with E-state index in [-0.39, 0.29) is 24.0 Å². The maximum Gasteiger partial charge on any atom is 0.338 e. The van der Waals surface area contributed by atoms with Crippen LogP contribution < -0.4 is 0 Å². The van der Waals surface area contributed by atoms with E-state index >= 15 is 0 Å². The normalized spacial score (nSPS) is 15.7. The first-order valence-corrected chi connectivity index (χ1v) is 11.4. The molecule has 0 radical (unpaired) electrons. The lowest BCUT2D eigenvalue weighted by Gasteiger charge is -2.16. The van der Waals surface area contributed by atoms with Crippen molar-refractivity contribution < 1.29 is 32.3 Å². The molecule has 0 atom stereocenters. The van der Waals surface area contributed by atoms with Crippen molar-refractivity contribution in [2.75, 3.05) is 32.3 Å². The molecule has 0 N–H and O–H groups in total. The van der Waals surface area contributed by atoms with Crippen molar-refractivity contribution in [3.63, 3.8) is 0 Å². The van der Waals surface area contributed by atoms with E-state index in [1.54, 1.807) is 12.1 Å². The average Bonchev–Trinajstić information content (AvgIpc) is 2.97. The van der Waals surface area contributed by atoms with Crippen LogP contribution >= 0.6 is 11.8 Å². The molecule has 0 bridgehead atoms. The number of ether oxygens (including phenoxy) is 2. The lowest BCUT2D eigenvalue weighted by Crippen LogP contribution is -2.27. The standard InChI is InChI=1S/C18H21NO7S2/c1-25-17(21)10-16-19(15(20)11-27-16)8-3-9-26-18(22)14-6-4-13(5-7-14)12-28(2,23)24/h4-7,10H,3,8-9,11-12H2,1-2H3/b16-10+. The Bertz CT molecular complexity index is 876. The van der Waals surface area contributed by atoms with Crippen LogP contribution in [0.2, 0.25) is 0 Å². The maximum absolute atomic E-state index is 12.1. The molecule has 0 aliphatic carbocycles. The molecule has 1 aliphatic heterocycles. The van der Waals surface area contributed by atoms with Crippen LogP contribution in [-0.4, -0.2) is 63.4 Å². The summed E-state index contributed by atoms with van der Waals surface area (Å²) in [4.78, 5) is 36.8. The van der Waals surface area contributed by atoms with Crippen molar-refractivity contribution >= 4 is 39.4 Å². The molecule has 1 aromatic rings. The highest BCUT2D eigenvalue weighted by atomic mass is 32.2. The fraction of sp³-hybridized carbons (Fsp3) is 0.389. The van der Waals surface area contributed by atoms with Crippen LogP contribution in [0.1, 0.15) is 22.3 Å². The number of benzene rings is 1. The Morgan fingerprint density at radius 2 is 1.93 bits per heavy atom. The van der Waals surface area contributed by atoms with E-state index in [9.17, 15) is 22.8 Å². The molecule has 0 aromatic heterocycles. The van der Waals surface area contributed by atoms with Gasteiger partial charge in [0, 0.05) is 12.8 Å². The summed E-state index contributed by atoms with van der Waals surface area (Å²) in [5.74, 6) is -1.02. The number of carbonyl (C=O) groups is 3. The van der Waals surface area contributed by atoms with E-state index in [4.69, 9.17) is 4.74 Å². The number of esters is 2. The molecule has 1 amide bonds. The Balaban J connectivity index is 1.82. The number of nitrogens with zero attached hydrogens (tertiary/aromatic N) is 1. The first kappa shape index (κ1) is 22.0. The van der Waals surface area contributed by atoms with Crippen molar-refractivity contribution in [1.82, 2.24) is 4.90 Å². The van der Waals surface area contributed by atoms with Crippen molar-refractivity contribution in [3.05, 3.63) is 46.5 Å². The first-order chi connectivity index (χ1) is 13.2. The number of carbonyl (C=O) groups excluding carboxylic acids is 3. The van der Waals surface area contributed by atoms with E-state index in [1.807, 2.05) is 0 Å². The van der Waals surface area contributed by atoms with Crippen LogP contribution in [-0.2, 0) is 34.7 Å². The lowest BCUT2D eigenvalue weighted by molar-refractivity contribution is -0.134. The van der Waals surface area contributed by atoms with Gasteiger partial charge in [0.2, 0.25) is 5.91 Å². The number of rotatable bonds is 8. The van der Waals surface area contributed by atoms with Crippen LogP contribution in [0.4, 0.5) is 0 Å². The molecular weight excluding hydrogens is 406 g/mol. The summed E-state index contributed by atoms with van der Waals surface area (Å²) >= 11 is 1.25. The van der Waals surface area contributed by atoms with Crippen LogP contribution in [0.5, 0.6) is 0 Å². The number of hydrogen-bond donors (Lipinski definition) is 0. The minimum Gasteiger partial charge on any atom is -0.466 e. The first-order valence-electron chi connectivity index (χ1n) is 8.36. The van der Waals surface area contributed by atoms with Crippen molar-refractivity contribution in [2.24, 2.45) is 0 Å². The number of amides is 1. The fourth-order valence-corrected chi connectivity index (χ4v) is 4.19. The van der Waals surface area contributed by atoms with Gasteiger partial charge in [-0.15, -0.1) is 0 Å². The molecule has 2 rings (SSSR count). The van der Waals surface area contributed by atoms with Crippen LogP contribution in [0.3, 0.4) is 0 Å². The van der Waals surface area contributed by atoms with Crippen molar-refractivity contribution in [3.8, 4) is 0 Å². The Kier molecular flexibility index (Phi) is 7.64. The van der Waals surface area contributed by atoms with Gasteiger partial charge in [0.25, 0.3) is 0 Å². The Morgan fingerprint density at radius 3 is 2.54 bits per heavy atom.